The molecule has 7 heterocycles. The number of piperidine rings is 4. The molecule has 4 N–H and O–H groups in total. The molecule has 6 aliphatic rings. The van der Waals surface area contributed by atoms with Crippen molar-refractivity contribution in [3.8, 4) is 0 Å². The molecule has 49 heavy (non-hydrogen) atoms. The van der Waals surface area contributed by atoms with Crippen molar-refractivity contribution in [2.45, 2.75) is 63.0 Å². The van der Waals surface area contributed by atoms with Gasteiger partial charge in [-0.05, 0) is 83.7 Å². The Morgan fingerprint density at radius 1 is 1.00 bits per heavy atom. The number of thiophene rings is 1. The lowest BCUT2D eigenvalue weighted by Gasteiger charge is -2.51. The molecule has 1 aromatic carbocycles. The summed E-state index contributed by atoms with van der Waals surface area (Å²) in [4.78, 5) is 50.7. The number of rotatable bonds is 6. The summed E-state index contributed by atoms with van der Waals surface area (Å²) < 4.78 is 41.6. The predicted octanol–water partition coefficient (Wildman–Crippen LogP) is 4.48. The van der Waals surface area contributed by atoms with Crippen molar-refractivity contribution in [3.63, 3.8) is 0 Å². The summed E-state index contributed by atoms with van der Waals surface area (Å²) in [6.45, 7) is 7.05. The van der Waals surface area contributed by atoms with Gasteiger partial charge in [0.25, 0.3) is 0 Å². The van der Waals surface area contributed by atoms with E-state index in [-0.39, 0.29) is 34.4 Å². The molecular formula is C33H42BrF3N8O3S. The van der Waals surface area contributed by atoms with Gasteiger partial charge in [0.05, 0.1) is 23.5 Å². The number of amides is 5. The SMILES string of the molecule is Nc1c(Br)cc(C[C@@H](NC(=O)N2CCC(N3Cc4cscc4NC3=O)CC2)C(=O)N2CCN(C3CN4CCC3CC4)CC2)cc1C(F)(F)F. The Hall–Kier alpha value is -3.08. The molecule has 1 unspecified atom stereocenters. The van der Waals surface area contributed by atoms with E-state index in [9.17, 15) is 27.6 Å². The highest BCUT2D eigenvalue weighted by Gasteiger charge is 2.40. The summed E-state index contributed by atoms with van der Waals surface area (Å²) in [5, 5.41) is 9.77. The van der Waals surface area contributed by atoms with Gasteiger partial charge >= 0.3 is 18.2 Å². The predicted molar refractivity (Wildman–Crippen MR) is 184 cm³/mol. The quantitative estimate of drug-likeness (QED) is 0.374. The second-order valence-electron chi connectivity index (χ2n) is 13.9. The van der Waals surface area contributed by atoms with Crippen molar-refractivity contribution in [2.24, 2.45) is 5.92 Å². The third-order valence-corrected chi connectivity index (χ3v) is 12.5. The number of anilines is 2. The molecule has 0 spiro atoms. The molecule has 2 bridgehead atoms. The lowest BCUT2D eigenvalue weighted by Crippen LogP contribution is -2.63. The minimum Gasteiger partial charge on any atom is -0.397 e. The highest BCUT2D eigenvalue weighted by Crippen LogP contribution is 2.38. The van der Waals surface area contributed by atoms with Gasteiger partial charge in [-0.15, -0.1) is 11.3 Å². The first-order valence-electron chi connectivity index (χ1n) is 17.0. The van der Waals surface area contributed by atoms with Gasteiger partial charge in [0.2, 0.25) is 5.91 Å². The average Bonchev–Trinajstić information content (AvgIpc) is 3.56. The maximum Gasteiger partial charge on any atom is 0.418 e. The van der Waals surface area contributed by atoms with Gasteiger partial charge in [0.1, 0.15) is 6.04 Å². The lowest BCUT2D eigenvalue weighted by atomic mass is 9.83. The molecule has 0 radical (unpaired) electrons. The lowest BCUT2D eigenvalue weighted by molar-refractivity contribution is -0.137. The molecule has 6 aliphatic heterocycles. The third-order valence-electron chi connectivity index (χ3n) is 11.0. The summed E-state index contributed by atoms with van der Waals surface area (Å²) in [6.07, 6.45) is -1.27. The maximum absolute atomic E-state index is 14.1. The van der Waals surface area contributed by atoms with Crippen LogP contribution in [0.15, 0.2) is 27.4 Å². The Morgan fingerprint density at radius 2 is 1.71 bits per heavy atom. The molecule has 1 aromatic heterocycles. The summed E-state index contributed by atoms with van der Waals surface area (Å²) >= 11 is 4.70. The van der Waals surface area contributed by atoms with Crippen LogP contribution in [0, 0.1) is 5.92 Å². The van der Waals surface area contributed by atoms with E-state index >= 15 is 0 Å². The van der Waals surface area contributed by atoms with Gasteiger partial charge in [-0.3, -0.25) is 9.69 Å². The third kappa shape index (κ3) is 7.24. The van der Waals surface area contributed by atoms with Crippen LogP contribution in [0.25, 0.3) is 0 Å². The standard InChI is InChI=1S/C33H42BrF3N8O3S/c34-25-14-20(13-24(29(25)38)33(35,36)37)15-26(30(46)43-11-9-42(10-12-43)28-17-41-5-1-21(28)2-6-41)39-31(47)44-7-3-23(4-8-44)45-16-22-18-49-19-27(22)40-32(45)48/h13-14,18-19,21,23,26,28H,1-12,15-17,38H2,(H,39,47)(H,40,48)/t26-,28?/m1/s1. The monoisotopic (exact) mass is 766 g/mol. The van der Waals surface area contributed by atoms with E-state index in [2.05, 4.69) is 36.4 Å². The zero-order valence-corrected chi connectivity index (χ0v) is 29.6. The number of hydrogen-bond donors (Lipinski definition) is 3. The number of hydrogen-bond acceptors (Lipinski definition) is 7. The Kier molecular flexibility index (Phi) is 9.76. The van der Waals surface area contributed by atoms with Crippen LogP contribution in [0.4, 0.5) is 34.1 Å². The number of carbonyl (C=O) groups is 3. The number of carbonyl (C=O) groups excluding carboxylic acids is 3. The topological polar surface area (TPSA) is 117 Å². The Morgan fingerprint density at radius 3 is 2.37 bits per heavy atom. The molecule has 16 heteroatoms. The van der Waals surface area contributed by atoms with Crippen LogP contribution in [-0.4, -0.2) is 119 Å². The molecule has 5 saturated heterocycles. The van der Waals surface area contributed by atoms with E-state index in [4.69, 9.17) is 5.73 Å². The zero-order chi connectivity index (χ0) is 34.4. The zero-order valence-electron chi connectivity index (χ0n) is 27.2. The number of nitrogens with zero attached hydrogens (tertiary/aromatic N) is 5. The van der Waals surface area contributed by atoms with Crippen molar-refractivity contribution >= 4 is 56.6 Å². The van der Waals surface area contributed by atoms with E-state index in [1.165, 1.54) is 30.2 Å². The second-order valence-corrected chi connectivity index (χ2v) is 15.5. The molecule has 5 amide bonds. The maximum atomic E-state index is 14.1. The molecule has 0 saturated carbocycles. The van der Waals surface area contributed by atoms with Crippen LogP contribution in [0.5, 0.6) is 0 Å². The van der Waals surface area contributed by atoms with Crippen LogP contribution in [0.3, 0.4) is 0 Å². The van der Waals surface area contributed by atoms with E-state index in [0.29, 0.717) is 57.5 Å². The fourth-order valence-electron chi connectivity index (χ4n) is 8.22. The highest BCUT2D eigenvalue weighted by molar-refractivity contribution is 9.10. The Balaban J connectivity index is 1.03. The number of nitrogen functional groups attached to an aromatic ring is 1. The van der Waals surface area contributed by atoms with E-state index in [1.54, 1.807) is 9.80 Å². The fraction of sp³-hybridized carbons (Fsp3) is 0.606. The largest absolute Gasteiger partial charge is 0.418 e. The number of alkyl halides is 3. The van der Waals surface area contributed by atoms with Crippen LogP contribution in [-0.2, 0) is 23.9 Å². The molecule has 2 atom stereocenters. The number of benzene rings is 1. The smallest absolute Gasteiger partial charge is 0.397 e. The summed E-state index contributed by atoms with van der Waals surface area (Å²) in [7, 11) is 0. The Bertz CT molecular complexity index is 1570. The first-order valence-corrected chi connectivity index (χ1v) is 18.8. The summed E-state index contributed by atoms with van der Waals surface area (Å²) in [5.41, 5.74) is 6.49. The van der Waals surface area contributed by atoms with E-state index in [1.807, 2.05) is 15.7 Å². The molecule has 266 valence electrons. The minimum atomic E-state index is -4.68. The van der Waals surface area contributed by atoms with Gasteiger partial charge in [-0.25, -0.2) is 9.59 Å². The van der Waals surface area contributed by atoms with Gasteiger partial charge in [0, 0.05) is 79.7 Å². The normalized spacial score (nSPS) is 25.6. The van der Waals surface area contributed by atoms with Crippen molar-refractivity contribution < 1.29 is 27.6 Å². The van der Waals surface area contributed by atoms with Gasteiger partial charge < -0.3 is 36.0 Å². The van der Waals surface area contributed by atoms with Crippen molar-refractivity contribution in [2.75, 3.05) is 70.0 Å². The average molecular weight is 768 g/mol. The number of urea groups is 2. The fourth-order valence-corrected chi connectivity index (χ4v) is 9.51. The number of halogens is 4. The molecular weight excluding hydrogens is 725 g/mol. The molecule has 0 aliphatic carbocycles. The first-order chi connectivity index (χ1) is 23.4. The van der Waals surface area contributed by atoms with Gasteiger partial charge in [-0.1, -0.05) is 0 Å². The number of nitrogens with two attached hydrogens (primary N) is 1. The molecule has 2 aromatic rings. The van der Waals surface area contributed by atoms with E-state index in [0.717, 1.165) is 50.0 Å². The van der Waals surface area contributed by atoms with Crippen molar-refractivity contribution in [3.05, 3.63) is 44.1 Å². The molecule has 11 nitrogen and oxygen atoms in total. The first kappa shape index (κ1) is 34.4. The number of nitrogens with one attached hydrogen (secondary N) is 2. The second kappa shape index (κ2) is 13.9. The summed E-state index contributed by atoms with van der Waals surface area (Å²) in [6, 6.07) is 1.21. The molecule has 5 fully saturated rings. The number of piperazine rings is 1. The number of likely N-dealkylation sites (tertiary alicyclic amines) is 1. The summed E-state index contributed by atoms with van der Waals surface area (Å²) in [5.74, 6) is 0.363. The van der Waals surface area contributed by atoms with E-state index < -0.39 is 29.5 Å². The highest BCUT2D eigenvalue weighted by atomic mass is 79.9. The van der Waals surface area contributed by atoms with Crippen LogP contribution < -0.4 is 16.4 Å². The van der Waals surface area contributed by atoms with Crippen LogP contribution >= 0.6 is 27.3 Å². The number of fused-ring (bicyclic) bond motifs is 4. The van der Waals surface area contributed by atoms with Gasteiger partial charge in [0.15, 0.2) is 0 Å². The van der Waals surface area contributed by atoms with Gasteiger partial charge in [-0.2, -0.15) is 13.2 Å². The van der Waals surface area contributed by atoms with Crippen LogP contribution in [0.1, 0.15) is 42.4 Å². The Labute approximate surface area is 296 Å². The minimum absolute atomic E-state index is 0.0464. The van der Waals surface area contributed by atoms with Crippen molar-refractivity contribution in [1.82, 2.24) is 29.8 Å². The van der Waals surface area contributed by atoms with Crippen LogP contribution in [0.2, 0.25) is 0 Å². The van der Waals surface area contributed by atoms with Crippen molar-refractivity contribution in [1.29, 1.82) is 0 Å². The molecule has 8 rings (SSSR count).